The van der Waals surface area contributed by atoms with E-state index in [0.29, 0.717) is 12.5 Å². The summed E-state index contributed by atoms with van der Waals surface area (Å²) in [6, 6.07) is 7.84. The van der Waals surface area contributed by atoms with E-state index in [1.807, 2.05) is 43.1 Å². The molecule has 0 aliphatic heterocycles. The highest BCUT2D eigenvalue weighted by Crippen LogP contribution is 2.22. The molecule has 5 heteroatoms. The zero-order valence-electron chi connectivity index (χ0n) is 14.1. The molecule has 2 N–H and O–H groups in total. The Morgan fingerprint density at radius 2 is 1.87 bits per heavy atom. The van der Waals surface area contributed by atoms with Crippen molar-refractivity contribution in [3.8, 4) is 0 Å². The van der Waals surface area contributed by atoms with E-state index in [4.69, 9.17) is 0 Å². The van der Waals surface area contributed by atoms with E-state index in [-0.39, 0.29) is 18.4 Å². The summed E-state index contributed by atoms with van der Waals surface area (Å²) >= 11 is 0. The van der Waals surface area contributed by atoms with Crippen LogP contribution in [0.25, 0.3) is 0 Å². The highest BCUT2D eigenvalue weighted by atomic mass is 16.2. The van der Waals surface area contributed by atoms with Gasteiger partial charge in [0.25, 0.3) is 0 Å². The Kier molecular flexibility index (Phi) is 6.44. The number of hydrogen-bond acceptors (Lipinski definition) is 3. The fourth-order valence-electron chi connectivity index (χ4n) is 2.93. The van der Waals surface area contributed by atoms with Crippen LogP contribution < -0.4 is 10.6 Å². The Balaban J connectivity index is 1.85. The Morgan fingerprint density at radius 1 is 1.17 bits per heavy atom. The number of amides is 2. The lowest BCUT2D eigenvalue weighted by Crippen LogP contribution is -2.41. The van der Waals surface area contributed by atoms with E-state index in [1.165, 1.54) is 19.3 Å². The fourth-order valence-corrected chi connectivity index (χ4v) is 2.93. The van der Waals surface area contributed by atoms with Crippen LogP contribution in [0.3, 0.4) is 0 Å². The van der Waals surface area contributed by atoms with Gasteiger partial charge in [0, 0.05) is 30.9 Å². The molecule has 0 aromatic heterocycles. The maximum Gasteiger partial charge on any atom is 0.241 e. The van der Waals surface area contributed by atoms with Gasteiger partial charge in [0.1, 0.15) is 0 Å². The highest BCUT2D eigenvalue weighted by molar-refractivity contribution is 5.91. The molecule has 23 heavy (non-hydrogen) atoms. The molecule has 1 saturated carbocycles. The van der Waals surface area contributed by atoms with Gasteiger partial charge in [-0.1, -0.05) is 32.3 Å². The van der Waals surface area contributed by atoms with Crippen LogP contribution >= 0.6 is 0 Å². The van der Waals surface area contributed by atoms with Gasteiger partial charge in [0.2, 0.25) is 11.8 Å². The number of nitrogens with zero attached hydrogens (tertiary/aromatic N) is 1. The third kappa shape index (κ3) is 5.27. The molecule has 0 spiro atoms. The third-order valence-corrected chi connectivity index (χ3v) is 4.43. The van der Waals surface area contributed by atoms with Crippen molar-refractivity contribution in [1.82, 2.24) is 4.90 Å². The lowest BCUT2D eigenvalue weighted by Gasteiger charge is -2.31. The Hall–Kier alpha value is -2.04. The molecule has 0 radical (unpaired) electrons. The van der Waals surface area contributed by atoms with Crippen LogP contribution in [0.2, 0.25) is 0 Å². The molecule has 0 saturated heterocycles. The Morgan fingerprint density at radius 3 is 2.57 bits per heavy atom. The molecule has 0 atom stereocenters. The molecule has 5 nitrogen and oxygen atoms in total. The van der Waals surface area contributed by atoms with Crippen LogP contribution in [0.1, 0.15) is 45.4 Å². The van der Waals surface area contributed by atoms with Gasteiger partial charge in [-0.25, -0.2) is 0 Å². The molecular formula is C18H27N3O2. The monoisotopic (exact) mass is 317 g/mol. The van der Waals surface area contributed by atoms with Gasteiger partial charge >= 0.3 is 0 Å². The van der Waals surface area contributed by atoms with Crippen LogP contribution in [-0.4, -0.2) is 36.3 Å². The Labute approximate surface area is 138 Å². The summed E-state index contributed by atoms with van der Waals surface area (Å²) in [7, 11) is 1.90. The smallest absolute Gasteiger partial charge is 0.241 e. The van der Waals surface area contributed by atoms with Crippen LogP contribution in [-0.2, 0) is 9.59 Å². The molecule has 1 aliphatic rings. The summed E-state index contributed by atoms with van der Waals surface area (Å²) in [4.78, 5) is 25.6. The number of rotatable bonds is 6. The van der Waals surface area contributed by atoms with Gasteiger partial charge < -0.3 is 15.5 Å². The number of benzene rings is 1. The highest BCUT2D eigenvalue weighted by Gasteiger charge is 2.21. The standard InChI is InChI=1S/C18H27N3O2/c1-3-17(22)20-15-9-7-8-14(12-15)19-13-18(23)21(2)16-10-5-4-6-11-16/h7-9,12,16,19H,3-6,10-11,13H2,1-2H3,(H,20,22). The maximum absolute atomic E-state index is 12.3. The predicted molar refractivity (Wildman–Crippen MR) is 93.5 cm³/mol. The summed E-state index contributed by atoms with van der Waals surface area (Å²) < 4.78 is 0. The van der Waals surface area contributed by atoms with Gasteiger partial charge in [-0.05, 0) is 31.0 Å². The van der Waals surface area contributed by atoms with Gasteiger partial charge in [-0.15, -0.1) is 0 Å². The van der Waals surface area contributed by atoms with E-state index >= 15 is 0 Å². The predicted octanol–water partition coefficient (Wildman–Crippen LogP) is 3.24. The number of hydrogen-bond donors (Lipinski definition) is 2. The first-order valence-corrected chi connectivity index (χ1v) is 8.49. The molecule has 0 unspecified atom stereocenters. The van der Waals surface area contributed by atoms with Crippen molar-refractivity contribution < 1.29 is 9.59 Å². The lowest BCUT2D eigenvalue weighted by atomic mass is 9.94. The molecule has 1 fully saturated rings. The van der Waals surface area contributed by atoms with E-state index < -0.39 is 0 Å². The second-order valence-electron chi connectivity index (χ2n) is 6.13. The minimum Gasteiger partial charge on any atom is -0.376 e. The number of carbonyl (C=O) groups is 2. The summed E-state index contributed by atoms with van der Waals surface area (Å²) in [5.41, 5.74) is 1.58. The number of anilines is 2. The first kappa shape index (κ1) is 17.3. The number of nitrogens with one attached hydrogen (secondary N) is 2. The van der Waals surface area contributed by atoms with Crippen molar-refractivity contribution in [2.45, 2.75) is 51.5 Å². The second-order valence-corrected chi connectivity index (χ2v) is 6.13. The zero-order valence-corrected chi connectivity index (χ0v) is 14.1. The molecule has 1 aromatic rings. The van der Waals surface area contributed by atoms with Crippen molar-refractivity contribution >= 4 is 23.2 Å². The largest absolute Gasteiger partial charge is 0.376 e. The first-order chi connectivity index (χ1) is 11.1. The summed E-state index contributed by atoms with van der Waals surface area (Å²) in [6.07, 6.45) is 6.39. The summed E-state index contributed by atoms with van der Waals surface area (Å²) in [5.74, 6) is 0.0927. The summed E-state index contributed by atoms with van der Waals surface area (Å²) in [5, 5.41) is 5.97. The van der Waals surface area contributed by atoms with Crippen molar-refractivity contribution in [2.75, 3.05) is 24.2 Å². The quantitative estimate of drug-likeness (QED) is 0.847. The third-order valence-electron chi connectivity index (χ3n) is 4.43. The van der Waals surface area contributed by atoms with Gasteiger partial charge in [0.05, 0.1) is 6.54 Å². The molecular weight excluding hydrogens is 290 g/mol. The van der Waals surface area contributed by atoms with Gasteiger partial charge in [0.15, 0.2) is 0 Å². The molecule has 0 bridgehead atoms. The molecule has 2 amide bonds. The zero-order chi connectivity index (χ0) is 16.7. The van der Waals surface area contributed by atoms with Crippen LogP contribution in [0, 0.1) is 0 Å². The second kappa shape index (κ2) is 8.56. The average Bonchev–Trinajstić information content (AvgIpc) is 2.60. The lowest BCUT2D eigenvalue weighted by molar-refractivity contribution is -0.130. The molecule has 2 rings (SSSR count). The number of carbonyl (C=O) groups excluding carboxylic acids is 2. The van der Waals surface area contributed by atoms with Gasteiger partial charge in [-0.2, -0.15) is 0 Å². The van der Waals surface area contributed by atoms with E-state index in [1.54, 1.807) is 0 Å². The molecule has 1 aliphatic carbocycles. The number of likely N-dealkylation sites (N-methyl/N-ethyl adjacent to an activating group) is 1. The molecule has 0 heterocycles. The average molecular weight is 317 g/mol. The van der Waals surface area contributed by atoms with Crippen LogP contribution in [0.4, 0.5) is 11.4 Å². The fraction of sp³-hybridized carbons (Fsp3) is 0.556. The molecule has 1 aromatic carbocycles. The Bertz CT molecular complexity index is 539. The minimum absolute atomic E-state index is 0.0183. The van der Waals surface area contributed by atoms with Crippen molar-refractivity contribution in [3.63, 3.8) is 0 Å². The van der Waals surface area contributed by atoms with Crippen molar-refractivity contribution in [1.29, 1.82) is 0 Å². The van der Waals surface area contributed by atoms with Crippen LogP contribution in [0.15, 0.2) is 24.3 Å². The first-order valence-electron chi connectivity index (χ1n) is 8.49. The minimum atomic E-state index is -0.0183. The van der Waals surface area contributed by atoms with E-state index in [2.05, 4.69) is 10.6 Å². The summed E-state index contributed by atoms with van der Waals surface area (Å²) in [6.45, 7) is 2.09. The topological polar surface area (TPSA) is 61.4 Å². The van der Waals surface area contributed by atoms with Crippen LogP contribution in [0.5, 0.6) is 0 Å². The SMILES string of the molecule is CCC(=O)Nc1cccc(NCC(=O)N(C)C2CCCCC2)c1. The van der Waals surface area contributed by atoms with Gasteiger partial charge in [-0.3, -0.25) is 9.59 Å². The molecule has 126 valence electrons. The van der Waals surface area contributed by atoms with Crippen molar-refractivity contribution in [3.05, 3.63) is 24.3 Å². The van der Waals surface area contributed by atoms with E-state index in [9.17, 15) is 9.59 Å². The maximum atomic E-state index is 12.3. The van der Waals surface area contributed by atoms with Crippen molar-refractivity contribution in [2.24, 2.45) is 0 Å². The van der Waals surface area contributed by atoms with E-state index in [0.717, 1.165) is 24.2 Å². The normalized spacial score (nSPS) is 15.0.